The van der Waals surface area contributed by atoms with E-state index in [1.54, 1.807) is 16.4 Å². The van der Waals surface area contributed by atoms with Crippen LogP contribution in [0.3, 0.4) is 0 Å². The first-order valence-corrected chi connectivity index (χ1v) is 8.90. The molecular weight excluding hydrogens is 376 g/mol. The molecule has 1 aromatic carbocycles. The number of rotatable bonds is 2. The summed E-state index contributed by atoms with van der Waals surface area (Å²) in [6.07, 6.45) is 0.690. The fourth-order valence-electron chi connectivity index (χ4n) is 2.48. The van der Waals surface area contributed by atoms with Gasteiger partial charge in [0.2, 0.25) is 10.0 Å². The van der Waals surface area contributed by atoms with Crippen LogP contribution in [0.2, 0.25) is 0 Å². The number of hydrogen-bond acceptors (Lipinski definition) is 3. The monoisotopic (exact) mass is 396 g/mol. The minimum atomic E-state index is -3.48. The van der Waals surface area contributed by atoms with Gasteiger partial charge in [-0.25, -0.2) is 8.42 Å². The van der Waals surface area contributed by atoms with Gasteiger partial charge in [-0.15, -0.1) is 12.4 Å². The lowest BCUT2D eigenvalue weighted by Crippen LogP contribution is -2.53. The molecule has 1 saturated heterocycles. The van der Waals surface area contributed by atoms with Crippen molar-refractivity contribution < 1.29 is 8.42 Å². The van der Waals surface area contributed by atoms with E-state index in [9.17, 15) is 8.42 Å². The molecule has 1 heterocycles. The summed E-state index contributed by atoms with van der Waals surface area (Å²) in [5.74, 6) is 0. The number of aryl methyl sites for hydroxylation is 1. The third-order valence-electron chi connectivity index (χ3n) is 3.98. The van der Waals surface area contributed by atoms with Crippen molar-refractivity contribution in [2.24, 2.45) is 11.1 Å². The second-order valence-corrected chi connectivity index (χ2v) is 8.92. The van der Waals surface area contributed by atoms with Crippen LogP contribution in [0, 0.1) is 12.3 Å². The molecule has 1 aliphatic rings. The second-order valence-electron chi connectivity index (χ2n) is 6.16. The Morgan fingerprint density at radius 2 is 2.00 bits per heavy atom. The summed E-state index contributed by atoms with van der Waals surface area (Å²) in [7, 11) is -3.48. The van der Waals surface area contributed by atoms with Crippen molar-refractivity contribution in [2.45, 2.75) is 38.1 Å². The molecule has 0 aromatic heterocycles. The fourth-order valence-corrected chi connectivity index (χ4v) is 5.11. The van der Waals surface area contributed by atoms with Gasteiger partial charge in [-0.1, -0.05) is 19.9 Å². The Morgan fingerprint density at radius 3 is 2.57 bits per heavy atom. The molecule has 0 aliphatic carbocycles. The van der Waals surface area contributed by atoms with Gasteiger partial charge in [-0.3, -0.25) is 0 Å². The van der Waals surface area contributed by atoms with Crippen LogP contribution in [0.15, 0.2) is 27.6 Å². The number of piperidine rings is 1. The Hall–Kier alpha value is -0.140. The highest BCUT2D eigenvalue weighted by atomic mass is 79.9. The Labute approximate surface area is 141 Å². The van der Waals surface area contributed by atoms with Crippen molar-refractivity contribution in [1.82, 2.24) is 4.31 Å². The molecule has 2 N–H and O–H groups in total. The van der Waals surface area contributed by atoms with Crippen molar-refractivity contribution in [3.8, 4) is 0 Å². The van der Waals surface area contributed by atoms with Crippen molar-refractivity contribution >= 4 is 38.4 Å². The molecule has 7 heteroatoms. The lowest BCUT2D eigenvalue weighted by Gasteiger charge is -2.41. The lowest BCUT2D eigenvalue weighted by atomic mass is 9.81. The molecule has 0 saturated carbocycles. The highest BCUT2D eigenvalue weighted by molar-refractivity contribution is 9.10. The zero-order valence-electron chi connectivity index (χ0n) is 12.5. The number of hydrogen-bond donors (Lipinski definition) is 1. The average molecular weight is 398 g/mol. The summed E-state index contributed by atoms with van der Waals surface area (Å²) in [6, 6.07) is 5.42. The van der Waals surface area contributed by atoms with Crippen LogP contribution in [0.4, 0.5) is 0 Å². The van der Waals surface area contributed by atoms with Gasteiger partial charge in [0.1, 0.15) is 0 Å². The van der Waals surface area contributed by atoms with Crippen molar-refractivity contribution in [3.63, 3.8) is 0 Å². The van der Waals surface area contributed by atoms with Crippen LogP contribution >= 0.6 is 28.3 Å². The van der Waals surface area contributed by atoms with Gasteiger partial charge in [0.05, 0.1) is 4.90 Å². The Balaban J connectivity index is 0.00000220. The van der Waals surface area contributed by atoms with E-state index in [1.165, 1.54) is 0 Å². The molecule has 1 unspecified atom stereocenters. The zero-order valence-corrected chi connectivity index (χ0v) is 15.7. The Bertz CT molecular complexity index is 619. The van der Waals surface area contributed by atoms with Gasteiger partial charge >= 0.3 is 0 Å². The van der Waals surface area contributed by atoms with Gasteiger partial charge < -0.3 is 5.73 Å². The highest BCUT2D eigenvalue weighted by Gasteiger charge is 2.39. The van der Waals surface area contributed by atoms with Crippen LogP contribution in [0.5, 0.6) is 0 Å². The molecule has 4 nitrogen and oxygen atoms in total. The molecule has 2 rings (SSSR count). The van der Waals surface area contributed by atoms with E-state index in [-0.39, 0.29) is 23.9 Å². The molecule has 120 valence electrons. The fraction of sp³-hybridized carbons (Fsp3) is 0.571. The Kier molecular flexibility index (Phi) is 5.89. The van der Waals surface area contributed by atoms with Gasteiger partial charge in [0, 0.05) is 23.6 Å². The predicted octanol–water partition coefficient (Wildman–Crippen LogP) is 2.93. The summed E-state index contributed by atoms with van der Waals surface area (Å²) in [5.41, 5.74) is 6.80. The highest BCUT2D eigenvalue weighted by Crippen LogP contribution is 2.33. The molecule has 0 bridgehead atoms. The number of sulfonamides is 1. The molecule has 1 aromatic rings. The van der Waals surface area contributed by atoms with Crippen molar-refractivity contribution in [1.29, 1.82) is 0 Å². The maximum Gasteiger partial charge on any atom is 0.244 e. The van der Waals surface area contributed by atoms with Crippen LogP contribution < -0.4 is 5.73 Å². The minimum absolute atomic E-state index is 0. The number of nitrogens with zero attached hydrogens (tertiary/aromatic N) is 1. The van der Waals surface area contributed by atoms with Gasteiger partial charge in [0.25, 0.3) is 0 Å². The molecular formula is C14H22BrClN2O2S. The van der Waals surface area contributed by atoms with E-state index in [0.717, 1.165) is 5.56 Å². The first kappa shape index (κ1) is 18.9. The van der Waals surface area contributed by atoms with Crippen LogP contribution in [-0.2, 0) is 10.0 Å². The van der Waals surface area contributed by atoms with E-state index in [4.69, 9.17) is 5.73 Å². The summed E-state index contributed by atoms with van der Waals surface area (Å²) in [5, 5.41) is 0. The SMILES string of the molecule is Cc1ccc(Br)c(S(=O)(=O)N2CCC(N)C(C)(C)C2)c1.Cl. The molecule has 21 heavy (non-hydrogen) atoms. The number of halogens is 2. The van der Waals surface area contributed by atoms with E-state index >= 15 is 0 Å². The first-order valence-electron chi connectivity index (χ1n) is 6.66. The van der Waals surface area contributed by atoms with Crippen LogP contribution in [0.1, 0.15) is 25.8 Å². The maximum absolute atomic E-state index is 12.8. The standard InChI is InChI=1S/C14H21BrN2O2S.ClH/c1-10-4-5-11(15)12(8-10)20(18,19)17-7-6-13(16)14(2,3)9-17;/h4-5,8,13H,6-7,9,16H2,1-3H3;1H. The normalized spacial score (nSPS) is 22.6. The third-order valence-corrected chi connectivity index (χ3v) is 6.82. The van der Waals surface area contributed by atoms with Crippen molar-refractivity contribution in [2.75, 3.05) is 13.1 Å². The number of nitrogens with two attached hydrogens (primary N) is 1. The summed E-state index contributed by atoms with van der Waals surface area (Å²) in [6.45, 7) is 6.86. The van der Waals surface area contributed by atoms with E-state index in [2.05, 4.69) is 15.9 Å². The van der Waals surface area contributed by atoms with E-state index in [0.29, 0.717) is 28.9 Å². The Morgan fingerprint density at radius 1 is 1.38 bits per heavy atom. The predicted molar refractivity (Wildman–Crippen MR) is 91.3 cm³/mol. The van der Waals surface area contributed by atoms with Crippen LogP contribution in [0.25, 0.3) is 0 Å². The summed E-state index contributed by atoms with van der Waals surface area (Å²) >= 11 is 3.34. The number of benzene rings is 1. The summed E-state index contributed by atoms with van der Waals surface area (Å²) < 4.78 is 27.8. The van der Waals surface area contributed by atoms with E-state index < -0.39 is 10.0 Å². The smallest absolute Gasteiger partial charge is 0.244 e. The third kappa shape index (κ3) is 3.79. The summed E-state index contributed by atoms with van der Waals surface area (Å²) in [4.78, 5) is 0.337. The molecule has 0 amide bonds. The van der Waals surface area contributed by atoms with Crippen molar-refractivity contribution in [3.05, 3.63) is 28.2 Å². The van der Waals surface area contributed by atoms with Crippen LogP contribution in [-0.4, -0.2) is 31.9 Å². The largest absolute Gasteiger partial charge is 0.327 e. The van der Waals surface area contributed by atoms with Gasteiger partial charge in [-0.2, -0.15) is 4.31 Å². The molecule has 0 radical (unpaired) electrons. The van der Waals surface area contributed by atoms with Gasteiger partial charge in [0.15, 0.2) is 0 Å². The second kappa shape index (κ2) is 6.54. The maximum atomic E-state index is 12.8. The minimum Gasteiger partial charge on any atom is -0.327 e. The zero-order chi connectivity index (χ0) is 15.1. The first-order chi connectivity index (χ1) is 9.14. The van der Waals surface area contributed by atoms with E-state index in [1.807, 2.05) is 26.8 Å². The lowest BCUT2D eigenvalue weighted by molar-refractivity contribution is 0.155. The molecule has 1 fully saturated rings. The molecule has 1 atom stereocenters. The topological polar surface area (TPSA) is 63.4 Å². The molecule has 1 aliphatic heterocycles. The average Bonchev–Trinajstić information content (AvgIpc) is 2.35. The van der Waals surface area contributed by atoms with Gasteiger partial charge in [-0.05, 0) is 52.4 Å². The molecule has 0 spiro atoms. The quantitative estimate of drug-likeness (QED) is 0.834.